The van der Waals surface area contributed by atoms with E-state index in [2.05, 4.69) is 21.3 Å². The Kier molecular flexibility index (Phi) is 5.01. The number of aromatic nitrogens is 2. The zero-order valence-electron chi connectivity index (χ0n) is 19.3. The lowest BCUT2D eigenvalue weighted by Crippen LogP contribution is -2.74. The summed E-state index contributed by atoms with van der Waals surface area (Å²) in [6.07, 6.45) is 1.73. The number of nitrogens with zero attached hydrogens (tertiary/aromatic N) is 4. The Morgan fingerprint density at radius 3 is 2.86 bits per heavy atom. The van der Waals surface area contributed by atoms with E-state index in [1.54, 1.807) is 0 Å². The van der Waals surface area contributed by atoms with Crippen molar-refractivity contribution < 1.29 is 9.59 Å². The molecule has 3 amide bonds. The third-order valence-corrected chi connectivity index (χ3v) is 8.05. The third-order valence-electron chi connectivity index (χ3n) is 7.82. The second-order valence-corrected chi connectivity index (χ2v) is 10.1. The van der Waals surface area contributed by atoms with Crippen LogP contribution in [0.25, 0.3) is 11.0 Å². The van der Waals surface area contributed by atoms with E-state index >= 15 is 0 Å². The number of hydrogen-bond donors (Lipinski definition) is 2. The summed E-state index contributed by atoms with van der Waals surface area (Å²) in [7, 11) is 0. The minimum atomic E-state index is -0.664. The Bertz CT molecular complexity index is 1400. The standard InChI is InChI=1S/C26H25ClN6O2/c1-15-23-19(31-25(35)29-15)13-26(23)17-6-2-3-7-20(17)33(24(26)34)14-22-30-18-12-16(27)8-9-21(18)32(22)11-5-4-10-28/h2-3,6-9,12,15,19,23H,4-5,11,13-14H2,1H3,(H2,29,31,35). The number of unbranched alkanes of at least 4 members (excludes halogenated alkanes) is 1. The lowest BCUT2D eigenvalue weighted by atomic mass is 9.51. The van der Waals surface area contributed by atoms with Crippen LogP contribution in [-0.2, 0) is 23.3 Å². The Morgan fingerprint density at radius 1 is 1.23 bits per heavy atom. The number of para-hydroxylation sites is 1. The fourth-order valence-corrected chi connectivity index (χ4v) is 6.59. The Labute approximate surface area is 207 Å². The van der Waals surface area contributed by atoms with Gasteiger partial charge in [0.25, 0.3) is 0 Å². The van der Waals surface area contributed by atoms with Gasteiger partial charge in [-0.3, -0.25) is 4.79 Å². The number of carbonyl (C=O) groups is 2. The van der Waals surface area contributed by atoms with Gasteiger partial charge in [0.05, 0.1) is 29.1 Å². The van der Waals surface area contributed by atoms with Crippen LogP contribution in [0.15, 0.2) is 42.5 Å². The fourth-order valence-electron chi connectivity index (χ4n) is 6.42. The molecule has 4 atom stereocenters. The summed E-state index contributed by atoms with van der Waals surface area (Å²) < 4.78 is 2.10. The van der Waals surface area contributed by atoms with Crippen molar-refractivity contribution in [3.8, 4) is 6.07 Å². The summed E-state index contributed by atoms with van der Waals surface area (Å²) in [5, 5.41) is 15.6. The second kappa shape index (κ2) is 7.99. The molecule has 8 nitrogen and oxygen atoms in total. The van der Waals surface area contributed by atoms with Crippen molar-refractivity contribution >= 4 is 40.3 Å². The number of imidazole rings is 1. The van der Waals surface area contributed by atoms with E-state index in [9.17, 15) is 9.59 Å². The summed E-state index contributed by atoms with van der Waals surface area (Å²) in [4.78, 5) is 32.9. The van der Waals surface area contributed by atoms with Gasteiger partial charge in [0, 0.05) is 41.7 Å². The highest BCUT2D eigenvalue weighted by atomic mass is 35.5. The molecule has 178 valence electrons. The van der Waals surface area contributed by atoms with Gasteiger partial charge in [-0.2, -0.15) is 5.26 Å². The first-order valence-corrected chi connectivity index (χ1v) is 12.3. The molecule has 2 aromatic carbocycles. The van der Waals surface area contributed by atoms with Gasteiger partial charge in [-0.1, -0.05) is 29.8 Å². The zero-order valence-corrected chi connectivity index (χ0v) is 20.0. The molecule has 3 heterocycles. The van der Waals surface area contributed by atoms with Crippen LogP contribution in [0.1, 0.15) is 37.6 Å². The van der Waals surface area contributed by atoms with E-state index in [1.807, 2.05) is 54.3 Å². The van der Waals surface area contributed by atoms with E-state index < -0.39 is 5.41 Å². The number of rotatable bonds is 5. The normalized spacial score (nSPS) is 26.7. The van der Waals surface area contributed by atoms with Crippen molar-refractivity contribution in [3.63, 3.8) is 0 Å². The molecule has 1 aliphatic carbocycles. The molecule has 1 aromatic heterocycles. The molecule has 3 aromatic rings. The first kappa shape index (κ1) is 21.9. The van der Waals surface area contributed by atoms with Gasteiger partial charge in [-0.05, 0) is 49.6 Å². The van der Waals surface area contributed by atoms with Crippen molar-refractivity contribution in [3.05, 3.63) is 58.9 Å². The van der Waals surface area contributed by atoms with Gasteiger partial charge in [-0.15, -0.1) is 0 Å². The number of anilines is 1. The number of fused-ring (bicyclic) bond motifs is 5. The number of carbonyl (C=O) groups excluding carboxylic acids is 2. The van der Waals surface area contributed by atoms with E-state index in [0.29, 0.717) is 37.4 Å². The van der Waals surface area contributed by atoms with Crippen LogP contribution in [0, 0.1) is 17.2 Å². The number of benzene rings is 2. The average molecular weight is 489 g/mol. The number of amides is 3. The second-order valence-electron chi connectivity index (χ2n) is 9.70. The summed E-state index contributed by atoms with van der Waals surface area (Å²) in [5.41, 5.74) is 2.96. The predicted octanol–water partition coefficient (Wildman–Crippen LogP) is 3.87. The Hall–Kier alpha value is -3.57. The predicted molar refractivity (Wildman–Crippen MR) is 132 cm³/mol. The molecular weight excluding hydrogens is 464 g/mol. The molecule has 4 unspecified atom stereocenters. The maximum Gasteiger partial charge on any atom is 0.315 e. The number of urea groups is 1. The highest BCUT2D eigenvalue weighted by molar-refractivity contribution is 6.31. The fraction of sp³-hybridized carbons (Fsp3) is 0.385. The minimum Gasteiger partial charge on any atom is -0.335 e. The maximum absolute atomic E-state index is 14.2. The van der Waals surface area contributed by atoms with Gasteiger partial charge in [0.2, 0.25) is 5.91 Å². The number of nitrogens with one attached hydrogen (secondary N) is 2. The van der Waals surface area contributed by atoms with Crippen LogP contribution in [0.3, 0.4) is 0 Å². The number of halogens is 1. The van der Waals surface area contributed by atoms with Gasteiger partial charge in [-0.25, -0.2) is 9.78 Å². The summed E-state index contributed by atoms with van der Waals surface area (Å²) in [6.45, 7) is 2.93. The van der Waals surface area contributed by atoms with Crippen LogP contribution in [-0.4, -0.2) is 33.6 Å². The van der Waals surface area contributed by atoms with Crippen molar-refractivity contribution in [2.24, 2.45) is 5.92 Å². The smallest absolute Gasteiger partial charge is 0.315 e. The lowest BCUT2D eigenvalue weighted by Gasteiger charge is -2.57. The molecule has 1 spiro atoms. The minimum absolute atomic E-state index is 0.0200. The van der Waals surface area contributed by atoms with Gasteiger partial charge >= 0.3 is 6.03 Å². The first-order chi connectivity index (χ1) is 16.9. The molecular formula is C26H25ClN6O2. The molecule has 1 saturated carbocycles. The van der Waals surface area contributed by atoms with Crippen LogP contribution in [0.2, 0.25) is 5.02 Å². The molecule has 2 N–H and O–H groups in total. The monoisotopic (exact) mass is 488 g/mol. The average Bonchev–Trinajstić information content (AvgIpc) is 3.27. The zero-order chi connectivity index (χ0) is 24.3. The number of nitriles is 1. The maximum atomic E-state index is 14.2. The SMILES string of the molecule is CC1NC(=O)NC2CC3(C(=O)N(Cc4nc5cc(Cl)ccc5n4CCCC#N)c4ccccc43)C12. The highest BCUT2D eigenvalue weighted by Crippen LogP contribution is 2.58. The van der Waals surface area contributed by atoms with E-state index in [4.69, 9.17) is 21.8 Å². The Balaban J connectivity index is 1.40. The summed E-state index contributed by atoms with van der Waals surface area (Å²) in [6, 6.07) is 15.5. The number of hydrogen-bond acceptors (Lipinski definition) is 4. The van der Waals surface area contributed by atoms with Crippen LogP contribution in [0.5, 0.6) is 0 Å². The molecule has 2 fully saturated rings. The topological polar surface area (TPSA) is 103 Å². The molecule has 3 aliphatic rings. The van der Waals surface area contributed by atoms with Crippen molar-refractivity contribution in [2.75, 3.05) is 4.90 Å². The quantitative estimate of drug-likeness (QED) is 0.532. The molecule has 0 bridgehead atoms. The molecule has 0 radical (unpaired) electrons. The van der Waals surface area contributed by atoms with E-state index in [-0.39, 0.29) is 29.9 Å². The van der Waals surface area contributed by atoms with E-state index in [0.717, 1.165) is 28.1 Å². The van der Waals surface area contributed by atoms with Crippen molar-refractivity contribution in [1.29, 1.82) is 5.26 Å². The van der Waals surface area contributed by atoms with Crippen LogP contribution >= 0.6 is 11.6 Å². The van der Waals surface area contributed by atoms with Gasteiger partial charge in [0.1, 0.15) is 5.82 Å². The van der Waals surface area contributed by atoms with Crippen molar-refractivity contribution in [1.82, 2.24) is 20.2 Å². The van der Waals surface area contributed by atoms with E-state index in [1.165, 1.54) is 0 Å². The van der Waals surface area contributed by atoms with Gasteiger partial charge < -0.3 is 20.1 Å². The largest absolute Gasteiger partial charge is 0.335 e. The van der Waals surface area contributed by atoms with Gasteiger partial charge in [0.15, 0.2) is 0 Å². The Morgan fingerprint density at radius 2 is 2.06 bits per heavy atom. The lowest BCUT2D eigenvalue weighted by molar-refractivity contribution is -0.133. The van der Waals surface area contributed by atoms with Crippen LogP contribution < -0.4 is 15.5 Å². The molecule has 2 aliphatic heterocycles. The van der Waals surface area contributed by atoms with Crippen molar-refractivity contribution in [2.45, 2.75) is 56.8 Å². The van der Waals surface area contributed by atoms with Crippen LogP contribution in [0.4, 0.5) is 10.5 Å². The first-order valence-electron chi connectivity index (χ1n) is 11.9. The number of aryl methyl sites for hydroxylation is 1. The molecule has 6 rings (SSSR count). The molecule has 35 heavy (non-hydrogen) atoms. The molecule has 9 heteroatoms. The summed E-state index contributed by atoms with van der Waals surface area (Å²) >= 11 is 6.23. The summed E-state index contributed by atoms with van der Waals surface area (Å²) in [5.74, 6) is 0.796. The molecule has 1 saturated heterocycles. The third kappa shape index (κ3) is 3.15. The highest BCUT2D eigenvalue weighted by Gasteiger charge is 2.67.